The fourth-order valence-corrected chi connectivity index (χ4v) is 3.10. The van der Waals surface area contributed by atoms with Crippen LogP contribution in [0.3, 0.4) is 0 Å². The molecule has 1 aliphatic heterocycles. The number of ether oxygens (including phenoxy) is 2. The molecule has 0 aliphatic carbocycles. The monoisotopic (exact) mass is 342 g/mol. The average Bonchev–Trinajstić information content (AvgIpc) is 2.67. The molecule has 1 aliphatic rings. The first-order valence-electron chi connectivity index (χ1n) is 9.07. The number of fused-ring (bicyclic) bond motifs is 1. The lowest BCUT2D eigenvalue weighted by molar-refractivity contribution is -0.135. The van der Waals surface area contributed by atoms with E-state index in [1.54, 1.807) is 13.1 Å². The van der Waals surface area contributed by atoms with E-state index in [0.29, 0.717) is 13.2 Å². The van der Waals surface area contributed by atoms with Crippen LogP contribution < -0.4 is 5.32 Å². The third-order valence-electron chi connectivity index (χ3n) is 4.59. The van der Waals surface area contributed by atoms with Crippen molar-refractivity contribution in [1.29, 1.82) is 0 Å². The van der Waals surface area contributed by atoms with Crippen LogP contribution >= 0.6 is 0 Å². The topological polar surface area (TPSA) is 60.5 Å². The van der Waals surface area contributed by atoms with Gasteiger partial charge in [0.15, 0.2) is 0 Å². The first kappa shape index (κ1) is 17.8. The summed E-state index contributed by atoms with van der Waals surface area (Å²) >= 11 is 0. The minimum atomic E-state index is -0.462. The van der Waals surface area contributed by atoms with Gasteiger partial charge >= 0.3 is 0 Å². The number of hydrogen-bond acceptors (Lipinski definition) is 4. The minimum Gasteiger partial charge on any atom is -0.376 e. The molecular formula is C20H26N2O3. The number of carbonyl (C=O) groups is 1. The lowest BCUT2D eigenvalue weighted by atomic mass is 10.1. The molecule has 0 saturated carbocycles. The lowest BCUT2D eigenvalue weighted by Gasteiger charge is -2.23. The van der Waals surface area contributed by atoms with Crippen molar-refractivity contribution in [3.63, 3.8) is 0 Å². The van der Waals surface area contributed by atoms with Crippen molar-refractivity contribution in [2.45, 2.75) is 44.8 Å². The second-order valence-corrected chi connectivity index (χ2v) is 6.50. The average molecular weight is 342 g/mol. The van der Waals surface area contributed by atoms with E-state index in [2.05, 4.69) is 16.4 Å². The highest BCUT2D eigenvalue weighted by molar-refractivity contribution is 5.82. The normalized spacial score (nSPS) is 18.8. The quantitative estimate of drug-likeness (QED) is 0.840. The summed E-state index contributed by atoms with van der Waals surface area (Å²) in [6, 6.07) is 10.1. The summed E-state index contributed by atoms with van der Waals surface area (Å²) in [6.07, 6.45) is 5.53. The second-order valence-electron chi connectivity index (χ2n) is 6.50. The molecule has 2 aromatic rings. The van der Waals surface area contributed by atoms with E-state index in [-0.39, 0.29) is 12.0 Å². The van der Waals surface area contributed by atoms with E-state index >= 15 is 0 Å². The fourth-order valence-electron chi connectivity index (χ4n) is 3.10. The highest BCUT2D eigenvalue weighted by Gasteiger charge is 2.18. The number of amides is 1. The van der Waals surface area contributed by atoms with Crippen LogP contribution in [0.5, 0.6) is 0 Å². The standard InChI is InChI=1S/C20H26N2O3/c1-15(25-14-18-9-2-3-13-24-18)20(23)22-12-10-17-7-4-6-16-8-5-11-21-19(16)17/h4-8,11,15,18H,2-3,9-10,12-14H2,1H3,(H,22,23). The highest BCUT2D eigenvalue weighted by Crippen LogP contribution is 2.16. The number of rotatable bonds is 7. The highest BCUT2D eigenvalue weighted by atomic mass is 16.5. The summed E-state index contributed by atoms with van der Waals surface area (Å²) in [5, 5.41) is 4.07. The third-order valence-corrected chi connectivity index (χ3v) is 4.59. The number of pyridine rings is 1. The van der Waals surface area contributed by atoms with Crippen LogP contribution in [0.1, 0.15) is 31.7 Å². The van der Waals surface area contributed by atoms with Crippen molar-refractivity contribution >= 4 is 16.8 Å². The molecule has 2 atom stereocenters. The first-order valence-corrected chi connectivity index (χ1v) is 9.07. The number of aromatic nitrogens is 1. The summed E-state index contributed by atoms with van der Waals surface area (Å²) in [7, 11) is 0. The van der Waals surface area contributed by atoms with Crippen LogP contribution in [0.25, 0.3) is 10.9 Å². The lowest BCUT2D eigenvalue weighted by Crippen LogP contribution is -2.37. The van der Waals surface area contributed by atoms with E-state index in [1.165, 1.54) is 6.42 Å². The van der Waals surface area contributed by atoms with Gasteiger partial charge in [0.1, 0.15) is 6.10 Å². The molecule has 5 nitrogen and oxygen atoms in total. The van der Waals surface area contributed by atoms with Crippen molar-refractivity contribution in [1.82, 2.24) is 10.3 Å². The summed E-state index contributed by atoms with van der Waals surface area (Å²) < 4.78 is 11.3. The zero-order valence-corrected chi connectivity index (χ0v) is 14.7. The smallest absolute Gasteiger partial charge is 0.248 e. The summed E-state index contributed by atoms with van der Waals surface area (Å²) in [4.78, 5) is 16.6. The Morgan fingerprint density at radius 3 is 3.08 bits per heavy atom. The van der Waals surface area contributed by atoms with Gasteiger partial charge < -0.3 is 14.8 Å². The van der Waals surface area contributed by atoms with E-state index in [0.717, 1.165) is 42.3 Å². The molecule has 0 radical (unpaired) electrons. The van der Waals surface area contributed by atoms with E-state index in [1.807, 2.05) is 24.3 Å². The molecule has 1 amide bonds. The van der Waals surface area contributed by atoms with Gasteiger partial charge in [-0.1, -0.05) is 24.3 Å². The van der Waals surface area contributed by atoms with Gasteiger partial charge in [0.25, 0.3) is 0 Å². The van der Waals surface area contributed by atoms with Crippen LogP contribution in [-0.4, -0.2) is 42.9 Å². The SMILES string of the molecule is CC(OCC1CCCCO1)C(=O)NCCc1cccc2cccnc12. The number of nitrogens with one attached hydrogen (secondary N) is 1. The molecule has 0 bridgehead atoms. The van der Waals surface area contributed by atoms with Crippen LogP contribution in [0.4, 0.5) is 0 Å². The molecule has 0 spiro atoms. The molecule has 25 heavy (non-hydrogen) atoms. The van der Waals surface area contributed by atoms with E-state index in [4.69, 9.17) is 9.47 Å². The molecule has 3 rings (SSSR count). The minimum absolute atomic E-state index is 0.0796. The van der Waals surface area contributed by atoms with Gasteiger partial charge in [-0.05, 0) is 44.2 Å². The van der Waals surface area contributed by atoms with Crippen LogP contribution in [0.15, 0.2) is 36.5 Å². The maximum atomic E-state index is 12.2. The Bertz CT molecular complexity index is 693. The third kappa shape index (κ3) is 5.00. The van der Waals surface area contributed by atoms with Gasteiger partial charge in [-0.15, -0.1) is 0 Å². The number of nitrogens with zero attached hydrogens (tertiary/aromatic N) is 1. The van der Waals surface area contributed by atoms with Crippen molar-refractivity contribution < 1.29 is 14.3 Å². The molecule has 134 valence electrons. The Morgan fingerprint density at radius 1 is 1.36 bits per heavy atom. The molecule has 2 unspecified atom stereocenters. The maximum Gasteiger partial charge on any atom is 0.248 e. The molecule has 1 aromatic heterocycles. The largest absolute Gasteiger partial charge is 0.376 e. The Kier molecular flexibility index (Phi) is 6.36. The van der Waals surface area contributed by atoms with Gasteiger partial charge in [-0.25, -0.2) is 0 Å². The molecule has 5 heteroatoms. The van der Waals surface area contributed by atoms with Gasteiger partial charge in [0.05, 0.1) is 18.2 Å². The molecule has 1 fully saturated rings. The summed E-state index contributed by atoms with van der Waals surface area (Å²) in [5.74, 6) is -0.0796. The second kappa shape index (κ2) is 8.92. The molecule has 2 heterocycles. The van der Waals surface area contributed by atoms with Gasteiger partial charge in [-0.2, -0.15) is 0 Å². The maximum absolute atomic E-state index is 12.2. The van der Waals surface area contributed by atoms with Crippen LogP contribution in [0, 0.1) is 0 Å². The van der Waals surface area contributed by atoms with Crippen LogP contribution in [0.2, 0.25) is 0 Å². The van der Waals surface area contributed by atoms with E-state index in [9.17, 15) is 4.79 Å². The van der Waals surface area contributed by atoms with E-state index < -0.39 is 6.10 Å². The molecule has 1 saturated heterocycles. The molecule has 1 N–H and O–H groups in total. The van der Waals surface area contributed by atoms with Gasteiger partial charge in [0.2, 0.25) is 5.91 Å². The van der Waals surface area contributed by atoms with Crippen molar-refractivity contribution in [2.75, 3.05) is 19.8 Å². The predicted octanol–water partition coefficient (Wildman–Crippen LogP) is 2.87. The first-order chi connectivity index (χ1) is 12.2. The summed E-state index contributed by atoms with van der Waals surface area (Å²) in [5.41, 5.74) is 2.14. The predicted molar refractivity (Wildman–Crippen MR) is 97.5 cm³/mol. The summed E-state index contributed by atoms with van der Waals surface area (Å²) in [6.45, 7) is 3.65. The number of hydrogen-bond donors (Lipinski definition) is 1. The Hall–Kier alpha value is -1.98. The zero-order chi connectivity index (χ0) is 17.5. The van der Waals surface area contributed by atoms with Gasteiger partial charge in [-0.3, -0.25) is 9.78 Å². The number of para-hydroxylation sites is 1. The van der Waals surface area contributed by atoms with Crippen molar-refractivity contribution in [2.24, 2.45) is 0 Å². The number of carbonyl (C=O) groups excluding carboxylic acids is 1. The Balaban J connectivity index is 1.43. The van der Waals surface area contributed by atoms with Crippen molar-refractivity contribution in [3.05, 3.63) is 42.1 Å². The zero-order valence-electron chi connectivity index (χ0n) is 14.7. The molecule has 1 aromatic carbocycles. The Morgan fingerprint density at radius 2 is 2.24 bits per heavy atom. The molecular weight excluding hydrogens is 316 g/mol. The fraction of sp³-hybridized carbons (Fsp3) is 0.500. The van der Waals surface area contributed by atoms with Crippen LogP contribution in [-0.2, 0) is 20.7 Å². The van der Waals surface area contributed by atoms with Gasteiger partial charge in [0, 0.05) is 24.7 Å². The Labute approximate surface area is 148 Å². The van der Waals surface area contributed by atoms with Crippen molar-refractivity contribution in [3.8, 4) is 0 Å². The number of benzene rings is 1.